The topological polar surface area (TPSA) is 34.2 Å². The van der Waals surface area contributed by atoms with Gasteiger partial charge in [0.25, 0.3) is 6.43 Å². The van der Waals surface area contributed by atoms with Gasteiger partial charge in [-0.3, -0.25) is 0 Å². The maximum atomic E-state index is 11.8. The highest BCUT2D eigenvalue weighted by Crippen LogP contribution is 2.26. The summed E-state index contributed by atoms with van der Waals surface area (Å²) in [4.78, 5) is 5.52. The van der Waals surface area contributed by atoms with Crippen molar-refractivity contribution in [2.45, 2.75) is 39.2 Å². The normalized spacial score (nSPS) is 12.3. The fourth-order valence-electron chi connectivity index (χ4n) is 1.26. The predicted octanol–water partition coefficient (Wildman–Crippen LogP) is 2.81. The number of nitrogens with one attached hydrogen (secondary N) is 1. The van der Waals surface area contributed by atoms with E-state index in [-0.39, 0.29) is 5.41 Å². The zero-order valence-electron chi connectivity index (χ0n) is 11.0. The number of alkyl halides is 2. The molecule has 0 radical (unpaired) electrons. The SMILES string of the molecule is CC(C)(C)c1ncc(CNCCOCC(F)F)s1. The molecule has 0 unspecified atom stereocenters. The minimum atomic E-state index is -2.39. The number of ether oxygens (including phenoxy) is 1. The van der Waals surface area contributed by atoms with Gasteiger partial charge in [0.15, 0.2) is 0 Å². The van der Waals surface area contributed by atoms with Gasteiger partial charge in [0, 0.05) is 29.6 Å². The van der Waals surface area contributed by atoms with Crippen LogP contribution in [-0.2, 0) is 16.7 Å². The van der Waals surface area contributed by atoms with E-state index in [0.717, 1.165) is 9.88 Å². The van der Waals surface area contributed by atoms with Crippen LogP contribution < -0.4 is 5.32 Å². The molecule has 3 nitrogen and oxygen atoms in total. The molecule has 1 N–H and O–H groups in total. The van der Waals surface area contributed by atoms with Crippen LogP contribution in [0, 0.1) is 0 Å². The van der Waals surface area contributed by atoms with Crippen LogP contribution in [0.25, 0.3) is 0 Å². The van der Waals surface area contributed by atoms with Crippen LogP contribution in [0.1, 0.15) is 30.7 Å². The van der Waals surface area contributed by atoms with E-state index in [4.69, 9.17) is 4.74 Å². The number of hydrogen-bond donors (Lipinski definition) is 1. The molecular formula is C12H20F2N2OS. The molecule has 1 heterocycles. The van der Waals surface area contributed by atoms with Crippen LogP contribution in [0.2, 0.25) is 0 Å². The van der Waals surface area contributed by atoms with Crippen LogP contribution in [0.5, 0.6) is 0 Å². The van der Waals surface area contributed by atoms with Crippen LogP contribution >= 0.6 is 11.3 Å². The van der Waals surface area contributed by atoms with Gasteiger partial charge in [0.05, 0.1) is 11.6 Å². The second-order valence-corrected chi connectivity index (χ2v) is 6.14. The second-order valence-electron chi connectivity index (χ2n) is 5.02. The Morgan fingerprint density at radius 1 is 1.44 bits per heavy atom. The van der Waals surface area contributed by atoms with E-state index in [9.17, 15) is 8.78 Å². The minimum absolute atomic E-state index is 0.0727. The summed E-state index contributed by atoms with van der Waals surface area (Å²) in [6.45, 7) is 7.45. The number of halogens is 2. The van der Waals surface area contributed by atoms with E-state index in [1.165, 1.54) is 0 Å². The van der Waals surface area contributed by atoms with Crippen molar-refractivity contribution in [1.82, 2.24) is 10.3 Å². The van der Waals surface area contributed by atoms with Crippen molar-refractivity contribution in [3.63, 3.8) is 0 Å². The summed E-state index contributed by atoms with van der Waals surface area (Å²) in [7, 11) is 0. The van der Waals surface area contributed by atoms with Crippen LogP contribution in [0.4, 0.5) is 8.78 Å². The first-order chi connectivity index (χ1) is 8.39. The lowest BCUT2D eigenvalue weighted by Crippen LogP contribution is -2.20. The lowest BCUT2D eigenvalue weighted by atomic mass is 9.98. The molecule has 1 aromatic heterocycles. The maximum absolute atomic E-state index is 11.8. The molecule has 0 spiro atoms. The Balaban J connectivity index is 2.18. The van der Waals surface area contributed by atoms with E-state index < -0.39 is 13.0 Å². The molecule has 18 heavy (non-hydrogen) atoms. The molecule has 0 aliphatic carbocycles. The second kappa shape index (κ2) is 7.11. The van der Waals surface area contributed by atoms with Gasteiger partial charge in [-0.25, -0.2) is 13.8 Å². The monoisotopic (exact) mass is 278 g/mol. The summed E-state index contributed by atoms with van der Waals surface area (Å²) >= 11 is 1.67. The van der Waals surface area contributed by atoms with Gasteiger partial charge in [-0.05, 0) is 0 Å². The van der Waals surface area contributed by atoms with Crippen molar-refractivity contribution in [3.05, 3.63) is 16.1 Å². The van der Waals surface area contributed by atoms with Gasteiger partial charge in [0.2, 0.25) is 0 Å². The molecular weight excluding hydrogens is 258 g/mol. The largest absolute Gasteiger partial charge is 0.374 e. The van der Waals surface area contributed by atoms with Gasteiger partial charge < -0.3 is 10.1 Å². The van der Waals surface area contributed by atoms with Crippen molar-refractivity contribution in [2.75, 3.05) is 19.8 Å². The summed E-state index contributed by atoms with van der Waals surface area (Å²) < 4.78 is 28.3. The highest BCUT2D eigenvalue weighted by Gasteiger charge is 2.17. The molecule has 1 aromatic rings. The molecule has 104 valence electrons. The summed E-state index contributed by atoms with van der Waals surface area (Å²) in [5.41, 5.74) is 0.0727. The van der Waals surface area contributed by atoms with Crippen molar-refractivity contribution in [2.24, 2.45) is 0 Å². The fourth-order valence-corrected chi connectivity index (χ4v) is 2.20. The maximum Gasteiger partial charge on any atom is 0.261 e. The van der Waals surface area contributed by atoms with Crippen molar-refractivity contribution < 1.29 is 13.5 Å². The van der Waals surface area contributed by atoms with Crippen molar-refractivity contribution in [1.29, 1.82) is 0 Å². The van der Waals surface area contributed by atoms with Crippen LogP contribution in [-0.4, -0.2) is 31.2 Å². The third-order valence-corrected chi connectivity index (χ3v) is 3.58. The first kappa shape index (κ1) is 15.5. The Morgan fingerprint density at radius 2 is 2.17 bits per heavy atom. The molecule has 0 saturated carbocycles. The van der Waals surface area contributed by atoms with Gasteiger partial charge in [-0.1, -0.05) is 20.8 Å². The van der Waals surface area contributed by atoms with E-state index >= 15 is 0 Å². The Labute approximate surface area is 111 Å². The average Bonchev–Trinajstić information content (AvgIpc) is 2.71. The molecule has 6 heteroatoms. The highest BCUT2D eigenvalue weighted by molar-refractivity contribution is 7.11. The number of thiazole rings is 1. The first-order valence-electron chi connectivity index (χ1n) is 5.91. The molecule has 0 aliphatic heterocycles. The first-order valence-corrected chi connectivity index (χ1v) is 6.73. The van der Waals surface area contributed by atoms with E-state index in [1.807, 2.05) is 6.20 Å². The van der Waals surface area contributed by atoms with Gasteiger partial charge >= 0.3 is 0 Å². The summed E-state index contributed by atoms with van der Waals surface area (Å²) in [6.07, 6.45) is -0.529. The Hall–Kier alpha value is -0.590. The summed E-state index contributed by atoms with van der Waals surface area (Å²) in [5.74, 6) is 0. The number of hydrogen-bond acceptors (Lipinski definition) is 4. The third-order valence-electron chi connectivity index (χ3n) is 2.16. The van der Waals surface area contributed by atoms with E-state index in [0.29, 0.717) is 19.7 Å². The Bertz CT molecular complexity index is 350. The van der Waals surface area contributed by atoms with Crippen LogP contribution in [0.15, 0.2) is 6.20 Å². The molecule has 0 bridgehead atoms. The molecule has 0 aromatic carbocycles. The van der Waals surface area contributed by atoms with Gasteiger partial charge in [-0.15, -0.1) is 11.3 Å². The molecule has 0 amide bonds. The molecule has 0 aliphatic rings. The van der Waals surface area contributed by atoms with Crippen LogP contribution in [0.3, 0.4) is 0 Å². The smallest absolute Gasteiger partial charge is 0.261 e. The van der Waals surface area contributed by atoms with Gasteiger partial charge in [-0.2, -0.15) is 0 Å². The van der Waals surface area contributed by atoms with Gasteiger partial charge in [0.1, 0.15) is 6.61 Å². The third kappa shape index (κ3) is 5.84. The summed E-state index contributed by atoms with van der Waals surface area (Å²) in [5, 5.41) is 4.25. The number of nitrogens with zero attached hydrogens (tertiary/aromatic N) is 1. The standard InChI is InChI=1S/C12H20F2N2OS/c1-12(2,3)11-16-7-9(18-11)6-15-4-5-17-8-10(13)14/h7,10,15H,4-6,8H2,1-3H3. The zero-order chi connectivity index (χ0) is 13.6. The predicted molar refractivity (Wildman–Crippen MR) is 69.3 cm³/mol. The van der Waals surface area contributed by atoms with Crippen molar-refractivity contribution >= 4 is 11.3 Å². The average molecular weight is 278 g/mol. The number of rotatable bonds is 7. The zero-order valence-corrected chi connectivity index (χ0v) is 11.8. The molecule has 0 atom stereocenters. The summed E-state index contributed by atoms with van der Waals surface area (Å²) in [6, 6.07) is 0. The quantitative estimate of drug-likeness (QED) is 0.779. The number of aromatic nitrogens is 1. The van der Waals surface area contributed by atoms with E-state index in [1.54, 1.807) is 11.3 Å². The van der Waals surface area contributed by atoms with Crippen molar-refractivity contribution in [3.8, 4) is 0 Å². The highest BCUT2D eigenvalue weighted by atomic mass is 32.1. The lowest BCUT2D eigenvalue weighted by Gasteiger charge is -2.13. The Kier molecular flexibility index (Phi) is 6.11. The van der Waals surface area contributed by atoms with E-state index in [2.05, 4.69) is 31.1 Å². The minimum Gasteiger partial charge on any atom is -0.374 e. The Morgan fingerprint density at radius 3 is 2.72 bits per heavy atom. The fraction of sp³-hybridized carbons (Fsp3) is 0.750. The molecule has 0 saturated heterocycles. The molecule has 0 fully saturated rings. The molecule has 1 rings (SSSR count). The lowest BCUT2D eigenvalue weighted by molar-refractivity contribution is 0.0187.